The van der Waals surface area contributed by atoms with Crippen molar-refractivity contribution in [3.63, 3.8) is 0 Å². The number of nitrogens with zero attached hydrogens (tertiary/aromatic N) is 6. The lowest BCUT2D eigenvalue weighted by Crippen LogP contribution is -2.32. The fourth-order valence-corrected chi connectivity index (χ4v) is 8.28. The monoisotopic (exact) mass is 1070 g/mol. The van der Waals surface area contributed by atoms with Gasteiger partial charge in [-0.05, 0) is 144 Å². The van der Waals surface area contributed by atoms with E-state index in [9.17, 15) is 14.4 Å². The minimum atomic E-state index is -0.602. The third kappa shape index (κ3) is 15.4. The largest absolute Gasteiger partial charge is 0.444 e. The second-order valence-electron chi connectivity index (χ2n) is 18.7. The zero-order valence-corrected chi connectivity index (χ0v) is 44.6. The number of nitrogens with one attached hydrogen (secondary N) is 3. The molecule has 2 heterocycles. The third-order valence-corrected chi connectivity index (χ3v) is 11.6. The number of alkyl carbamates (subject to hydrolysis) is 1. The Hall–Kier alpha value is -8.34. The van der Waals surface area contributed by atoms with Gasteiger partial charge in [0.2, 0.25) is 0 Å². The van der Waals surface area contributed by atoms with Crippen LogP contribution >= 0.6 is 12.4 Å². The summed E-state index contributed by atoms with van der Waals surface area (Å²) in [6, 6.07) is 47.4. The van der Waals surface area contributed by atoms with E-state index in [2.05, 4.69) is 26.1 Å². The van der Waals surface area contributed by atoms with Crippen LogP contribution in [0.2, 0.25) is 0 Å². The first-order valence-corrected chi connectivity index (χ1v) is 24.9. The summed E-state index contributed by atoms with van der Waals surface area (Å²) in [5, 5.41) is 17.2. The minimum Gasteiger partial charge on any atom is -0.444 e. The second kappa shape index (κ2) is 27.4. The van der Waals surface area contributed by atoms with Crippen molar-refractivity contribution < 1.29 is 27.9 Å². The third-order valence-electron chi connectivity index (χ3n) is 11.6. The zero-order valence-electron chi connectivity index (χ0n) is 43.8. The molecule has 0 radical (unpaired) electrons. The highest BCUT2D eigenvalue weighted by atomic mass is 35.5. The van der Waals surface area contributed by atoms with Crippen LogP contribution in [0.15, 0.2) is 158 Å². The number of para-hydroxylation sites is 2. The van der Waals surface area contributed by atoms with Gasteiger partial charge >= 0.3 is 6.09 Å². The average Bonchev–Trinajstić information content (AvgIpc) is 4.01. The second-order valence-corrected chi connectivity index (χ2v) is 18.7. The Morgan fingerprint density at radius 2 is 1.01 bits per heavy atom. The summed E-state index contributed by atoms with van der Waals surface area (Å²) in [4.78, 5) is 42.6. The van der Waals surface area contributed by atoms with Crippen LogP contribution in [0.5, 0.6) is 0 Å². The number of aryl methyl sites for hydroxylation is 2. The number of nitrogens with two attached hydrogens (primary N) is 1. The first kappa shape index (κ1) is 59.5. The summed E-state index contributed by atoms with van der Waals surface area (Å²) in [5.41, 5.74) is 12.8. The molecule has 2 aromatic heterocycles. The Labute approximate surface area is 456 Å². The number of halogens is 3. The first-order valence-electron chi connectivity index (χ1n) is 24.9. The molecule has 404 valence electrons. The molecule has 17 heteroatoms. The molecule has 3 amide bonds. The Morgan fingerprint density at radius 1 is 0.597 bits per heavy atom. The van der Waals surface area contributed by atoms with Gasteiger partial charge in [-0.2, -0.15) is 10.2 Å². The summed E-state index contributed by atoms with van der Waals surface area (Å²) in [5.74, 6) is -1.95. The number of carbonyl (C=O) groups is 3. The van der Waals surface area contributed by atoms with Gasteiger partial charge in [-0.15, -0.1) is 12.4 Å². The molecule has 0 atom stereocenters. The van der Waals surface area contributed by atoms with Gasteiger partial charge in [0.05, 0.1) is 45.5 Å². The quantitative estimate of drug-likeness (QED) is 0.0695. The number of benzene rings is 6. The Balaban J connectivity index is 0.000000281. The van der Waals surface area contributed by atoms with E-state index in [0.717, 1.165) is 35.3 Å². The van der Waals surface area contributed by atoms with Crippen LogP contribution in [0, 0.1) is 25.5 Å². The van der Waals surface area contributed by atoms with Gasteiger partial charge in [0, 0.05) is 37.6 Å². The van der Waals surface area contributed by atoms with Crippen molar-refractivity contribution in [2.75, 3.05) is 33.5 Å². The number of ether oxygens (including phenoxy) is 1. The molecule has 0 aliphatic carbocycles. The molecule has 0 aliphatic rings. The number of anilines is 6. The van der Waals surface area contributed by atoms with Crippen molar-refractivity contribution in [3.8, 4) is 11.4 Å². The van der Waals surface area contributed by atoms with Crippen LogP contribution in [0.25, 0.3) is 11.4 Å². The number of hydrogen-bond acceptors (Lipinski definition) is 9. The van der Waals surface area contributed by atoms with E-state index < -0.39 is 35.1 Å². The molecule has 8 aromatic rings. The molecule has 0 unspecified atom stereocenters. The van der Waals surface area contributed by atoms with Crippen LogP contribution < -0.4 is 31.5 Å². The van der Waals surface area contributed by atoms with Gasteiger partial charge in [-0.1, -0.05) is 94.1 Å². The molecule has 77 heavy (non-hydrogen) atoms. The Bertz CT molecular complexity index is 3230. The SMILES string of the molecule is C.CCCN(c1ccccc1)c1cccc(NC(=O)c2cc(C)nn2-c2cccc(CN)c2)c1F.CCCN(c1ccccc1)c1cccc(NC(=O)c2cc(C)nn2-c2cccc(CNC(=O)OC(C)(C)C)c2)c1F.Cl. The predicted molar refractivity (Wildman–Crippen MR) is 308 cm³/mol. The Morgan fingerprint density at radius 3 is 1.43 bits per heavy atom. The molecule has 8 rings (SSSR count). The maximum atomic E-state index is 15.8. The summed E-state index contributed by atoms with van der Waals surface area (Å²) in [7, 11) is 0. The standard InChI is InChI=1S/C32H36FN5O3.C27H28FN5O.CH4.ClH/c1-6-18-37(24-13-8-7-9-14-24)27-17-11-16-26(29(27)33)35-30(39)28-19-22(2)36-38(28)25-15-10-12-23(20-25)21-34-31(40)41-32(3,4)5;1-3-15-32(21-10-5-4-6-11-21)24-14-8-13-23(26(24)28)30-27(34)25-16-19(2)31-33(25)22-12-7-9-20(17-22)18-29;;/h7-17,19-20H,6,18,21H2,1-5H3,(H,34,40)(H,35,39);4-14,16-17H,3,15,18,29H2,1-2H3,(H,30,34);1H4;1H. The van der Waals surface area contributed by atoms with Crippen LogP contribution in [-0.2, 0) is 17.8 Å². The van der Waals surface area contributed by atoms with E-state index in [-0.39, 0.29) is 43.4 Å². The molecular weight excluding hydrogens is 998 g/mol. The molecule has 14 nitrogen and oxygen atoms in total. The highest BCUT2D eigenvalue weighted by Gasteiger charge is 2.23. The average molecular weight is 1070 g/mol. The topological polar surface area (TPSA) is 165 Å². The molecule has 0 saturated heterocycles. The van der Waals surface area contributed by atoms with Gasteiger partial charge in [0.15, 0.2) is 11.6 Å². The fraction of sp³-hybridized carbons (Fsp3) is 0.250. The summed E-state index contributed by atoms with van der Waals surface area (Å²) in [6.07, 6.45) is 1.13. The molecule has 0 aliphatic heterocycles. The van der Waals surface area contributed by atoms with Crippen molar-refractivity contribution in [1.29, 1.82) is 0 Å². The van der Waals surface area contributed by atoms with E-state index >= 15 is 8.78 Å². The highest BCUT2D eigenvalue weighted by Crippen LogP contribution is 2.34. The van der Waals surface area contributed by atoms with Crippen molar-refractivity contribution in [2.24, 2.45) is 5.73 Å². The smallest absolute Gasteiger partial charge is 0.407 e. The number of aromatic nitrogens is 4. The zero-order chi connectivity index (χ0) is 53.6. The van der Waals surface area contributed by atoms with Crippen LogP contribution in [0.3, 0.4) is 0 Å². The number of rotatable bonds is 17. The molecular formula is C60H69ClF2N10O4. The predicted octanol–water partition coefficient (Wildman–Crippen LogP) is 13.8. The van der Waals surface area contributed by atoms with Crippen molar-refractivity contribution in [2.45, 2.75) is 87.4 Å². The van der Waals surface area contributed by atoms with E-state index in [0.29, 0.717) is 59.5 Å². The molecule has 0 saturated carbocycles. The van der Waals surface area contributed by atoms with Gasteiger partial charge < -0.3 is 36.2 Å². The Kier molecular flexibility index (Phi) is 21.2. The van der Waals surface area contributed by atoms with Gasteiger partial charge in [0.25, 0.3) is 11.8 Å². The summed E-state index contributed by atoms with van der Waals surface area (Å²) >= 11 is 0. The van der Waals surface area contributed by atoms with Crippen LogP contribution in [0.4, 0.5) is 47.7 Å². The van der Waals surface area contributed by atoms with Crippen LogP contribution in [-0.4, -0.2) is 56.2 Å². The molecule has 0 bridgehead atoms. The van der Waals surface area contributed by atoms with E-state index in [1.165, 1.54) is 4.68 Å². The molecule has 5 N–H and O–H groups in total. The van der Waals surface area contributed by atoms with Gasteiger partial charge in [0.1, 0.15) is 17.0 Å². The summed E-state index contributed by atoms with van der Waals surface area (Å²) < 4.78 is 39.8. The molecule has 0 spiro atoms. The molecule has 0 fully saturated rings. The maximum Gasteiger partial charge on any atom is 0.407 e. The molecule has 6 aromatic carbocycles. The lowest BCUT2D eigenvalue weighted by molar-refractivity contribution is 0.0523. The van der Waals surface area contributed by atoms with E-state index in [1.54, 1.807) is 80.9 Å². The fourth-order valence-electron chi connectivity index (χ4n) is 8.28. The normalized spacial score (nSPS) is 10.7. The van der Waals surface area contributed by atoms with Crippen molar-refractivity contribution in [3.05, 3.63) is 203 Å². The highest BCUT2D eigenvalue weighted by molar-refractivity contribution is 6.04. The number of carbonyl (C=O) groups excluding carboxylic acids is 3. The van der Waals surface area contributed by atoms with Gasteiger partial charge in [-0.3, -0.25) is 9.59 Å². The maximum absolute atomic E-state index is 15.8. The lowest BCUT2D eigenvalue weighted by atomic mass is 10.2. The van der Waals surface area contributed by atoms with E-state index in [4.69, 9.17) is 10.5 Å². The number of hydrogen-bond donors (Lipinski definition) is 4. The summed E-state index contributed by atoms with van der Waals surface area (Å²) in [6.45, 7) is 14.9. The number of amides is 3. The minimum absolute atomic E-state index is 0. The van der Waals surface area contributed by atoms with E-state index in [1.807, 2.05) is 140 Å². The van der Waals surface area contributed by atoms with Crippen LogP contribution in [0.1, 0.15) is 98.4 Å². The van der Waals surface area contributed by atoms with Crippen molar-refractivity contribution in [1.82, 2.24) is 24.9 Å². The van der Waals surface area contributed by atoms with Gasteiger partial charge in [-0.25, -0.2) is 22.9 Å². The first-order chi connectivity index (χ1) is 36.1. The lowest BCUT2D eigenvalue weighted by Gasteiger charge is -2.25. The van der Waals surface area contributed by atoms with Crippen molar-refractivity contribution >= 4 is 64.4 Å².